The minimum absolute atomic E-state index is 0.516. The molecule has 5 heteroatoms. The molecule has 182 valence electrons. The van der Waals surface area contributed by atoms with Gasteiger partial charge in [0.15, 0.2) is 0 Å². The van der Waals surface area contributed by atoms with Gasteiger partial charge in [0.05, 0.1) is 13.1 Å². The Hall–Kier alpha value is -4.90. The van der Waals surface area contributed by atoms with Crippen LogP contribution < -0.4 is 11.5 Å². The number of nitrogens with zero attached hydrogens (tertiary/aromatic N) is 2. The van der Waals surface area contributed by atoms with E-state index in [-0.39, 0.29) is 0 Å². The molecule has 0 aliphatic carbocycles. The molecule has 37 heavy (non-hydrogen) atoms. The summed E-state index contributed by atoms with van der Waals surface area (Å²) in [5.41, 5.74) is 18.4. The molecular formula is C32H28N4O. The molecule has 5 nitrogen and oxygen atoms in total. The highest BCUT2D eigenvalue weighted by Gasteiger charge is 2.09. The van der Waals surface area contributed by atoms with Gasteiger partial charge < -0.3 is 15.9 Å². The average molecular weight is 485 g/mol. The third-order valence-corrected chi connectivity index (χ3v) is 6.09. The lowest BCUT2D eigenvalue weighted by Crippen LogP contribution is -2.13. The van der Waals surface area contributed by atoms with Crippen LogP contribution in [0.4, 0.5) is 0 Å². The SMILES string of the molecule is NC(=NCc1ccccc1)c1ccc(-c2ccc(-c3ccc(C(N)=NCc4ccccc4)cc3)o2)cc1. The maximum Gasteiger partial charge on any atom is 0.134 e. The third kappa shape index (κ3) is 6.03. The van der Waals surface area contributed by atoms with Gasteiger partial charge in [-0.3, -0.25) is 9.98 Å². The summed E-state index contributed by atoms with van der Waals surface area (Å²) < 4.78 is 6.14. The standard InChI is InChI=1S/C32H28N4O/c33-31(35-21-23-7-3-1-4-8-23)27-15-11-25(12-16-27)29-19-20-30(37-29)26-13-17-28(18-14-26)32(34)36-22-24-9-5-2-6-10-24/h1-20H,21-22H2,(H2,33,35)(H2,34,36). The van der Waals surface area contributed by atoms with E-state index >= 15 is 0 Å². The van der Waals surface area contributed by atoms with Gasteiger partial charge in [0.1, 0.15) is 23.2 Å². The zero-order valence-electron chi connectivity index (χ0n) is 20.4. The monoisotopic (exact) mass is 484 g/mol. The van der Waals surface area contributed by atoms with E-state index in [2.05, 4.69) is 9.98 Å². The summed E-state index contributed by atoms with van der Waals surface area (Å²) >= 11 is 0. The molecule has 5 rings (SSSR count). The Balaban J connectivity index is 1.24. The van der Waals surface area contributed by atoms with Crippen LogP contribution in [0.25, 0.3) is 22.6 Å². The maximum absolute atomic E-state index is 6.20. The van der Waals surface area contributed by atoms with Crippen molar-refractivity contribution in [3.8, 4) is 22.6 Å². The van der Waals surface area contributed by atoms with Crippen LogP contribution >= 0.6 is 0 Å². The highest BCUT2D eigenvalue weighted by Crippen LogP contribution is 2.29. The molecule has 0 spiro atoms. The van der Waals surface area contributed by atoms with E-state index in [4.69, 9.17) is 15.9 Å². The first-order valence-corrected chi connectivity index (χ1v) is 12.1. The second-order valence-electron chi connectivity index (χ2n) is 8.69. The second kappa shape index (κ2) is 11.2. The Morgan fingerprint density at radius 2 is 0.865 bits per heavy atom. The molecule has 0 fully saturated rings. The number of aliphatic imine (C=N–C) groups is 2. The predicted molar refractivity (Wildman–Crippen MR) is 151 cm³/mol. The lowest BCUT2D eigenvalue weighted by atomic mass is 10.1. The summed E-state index contributed by atoms with van der Waals surface area (Å²) in [4.78, 5) is 9.02. The molecule has 4 aromatic carbocycles. The highest BCUT2D eigenvalue weighted by atomic mass is 16.3. The molecule has 0 aliphatic rings. The van der Waals surface area contributed by atoms with E-state index in [0.29, 0.717) is 24.8 Å². The van der Waals surface area contributed by atoms with Gasteiger partial charge in [-0.1, -0.05) is 109 Å². The van der Waals surface area contributed by atoms with E-state index in [1.54, 1.807) is 0 Å². The number of furan rings is 1. The first kappa shape index (κ1) is 23.8. The number of benzene rings is 4. The molecule has 0 radical (unpaired) electrons. The summed E-state index contributed by atoms with van der Waals surface area (Å²) in [5, 5.41) is 0. The van der Waals surface area contributed by atoms with Crippen LogP contribution in [-0.2, 0) is 13.1 Å². The van der Waals surface area contributed by atoms with Crippen LogP contribution in [0, 0.1) is 0 Å². The number of rotatable bonds is 8. The zero-order chi connectivity index (χ0) is 25.5. The Bertz CT molecular complexity index is 1390. The largest absolute Gasteiger partial charge is 0.456 e. The third-order valence-electron chi connectivity index (χ3n) is 6.09. The summed E-state index contributed by atoms with van der Waals surface area (Å²) in [6, 6.07) is 39.9. The van der Waals surface area contributed by atoms with Gasteiger partial charge in [-0.2, -0.15) is 0 Å². The molecule has 0 aliphatic heterocycles. The summed E-state index contributed by atoms with van der Waals surface area (Å²) in [5.74, 6) is 2.60. The van der Waals surface area contributed by atoms with Gasteiger partial charge in [-0.25, -0.2) is 0 Å². The van der Waals surface area contributed by atoms with Gasteiger partial charge in [0.2, 0.25) is 0 Å². The first-order chi connectivity index (χ1) is 18.2. The minimum atomic E-state index is 0.516. The minimum Gasteiger partial charge on any atom is -0.456 e. The van der Waals surface area contributed by atoms with Crippen LogP contribution in [0.5, 0.6) is 0 Å². The summed E-state index contributed by atoms with van der Waals surface area (Å²) in [6.07, 6.45) is 0. The fourth-order valence-electron chi connectivity index (χ4n) is 3.96. The van der Waals surface area contributed by atoms with Crippen molar-refractivity contribution in [1.29, 1.82) is 0 Å². The van der Waals surface area contributed by atoms with Crippen molar-refractivity contribution in [1.82, 2.24) is 0 Å². The normalized spacial score (nSPS) is 12.0. The molecule has 1 aromatic heterocycles. The van der Waals surface area contributed by atoms with E-state index in [0.717, 1.165) is 44.9 Å². The van der Waals surface area contributed by atoms with E-state index in [9.17, 15) is 0 Å². The van der Waals surface area contributed by atoms with Crippen molar-refractivity contribution in [2.24, 2.45) is 21.5 Å². The van der Waals surface area contributed by atoms with Crippen LogP contribution in [0.1, 0.15) is 22.3 Å². The van der Waals surface area contributed by atoms with Gasteiger partial charge in [0.25, 0.3) is 0 Å². The fourth-order valence-corrected chi connectivity index (χ4v) is 3.96. The van der Waals surface area contributed by atoms with Crippen LogP contribution in [0.2, 0.25) is 0 Å². The van der Waals surface area contributed by atoms with Crippen LogP contribution in [0.15, 0.2) is 136 Å². The van der Waals surface area contributed by atoms with E-state index < -0.39 is 0 Å². The van der Waals surface area contributed by atoms with Gasteiger partial charge >= 0.3 is 0 Å². The fraction of sp³-hybridized carbons (Fsp3) is 0.0625. The number of amidine groups is 2. The lowest BCUT2D eigenvalue weighted by molar-refractivity contribution is 0.597. The van der Waals surface area contributed by atoms with Crippen molar-refractivity contribution in [3.05, 3.63) is 144 Å². The van der Waals surface area contributed by atoms with Crippen LogP contribution in [0.3, 0.4) is 0 Å². The highest BCUT2D eigenvalue weighted by molar-refractivity contribution is 5.98. The van der Waals surface area contributed by atoms with E-state index in [1.807, 2.05) is 121 Å². The predicted octanol–water partition coefficient (Wildman–Crippen LogP) is 6.42. The molecular weight excluding hydrogens is 456 g/mol. The Labute approximate surface area is 216 Å². The molecule has 4 N–H and O–H groups in total. The molecule has 0 saturated carbocycles. The van der Waals surface area contributed by atoms with Crippen molar-refractivity contribution in [3.63, 3.8) is 0 Å². The topological polar surface area (TPSA) is 89.9 Å². The van der Waals surface area contributed by atoms with E-state index in [1.165, 1.54) is 0 Å². The number of nitrogens with two attached hydrogens (primary N) is 2. The van der Waals surface area contributed by atoms with Crippen LogP contribution in [-0.4, -0.2) is 11.7 Å². The maximum atomic E-state index is 6.20. The molecule has 0 unspecified atom stereocenters. The molecule has 0 bridgehead atoms. The number of hydrogen-bond acceptors (Lipinski definition) is 3. The second-order valence-corrected chi connectivity index (χ2v) is 8.69. The van der Waals surface area contributed by atoms with Crippen molar-refractivity contribution in [2.75, 3.05) is 0 Å². The van der Waals surface area contributed by atoms with Gasteiger partial charge in [-0.05, 0) is 23.3 Å². The molecule has 0 amide bonds. The molecule has 1 heterocycles. The van der Waals surface area contributed by atoms with Crippen molar-refractivity contribution >= 4 is 11.7 Å². The lowest BCUT2D eigenvalue weighted by Gasteiger charge is -2.04. The smallest absolute Gasteiger partial charge is 0.134 e. The number of hydrogen-bond donors (Lipinski definition) is 2. The Morgan fingerprint density at radius 3 is 1.24 bits per heavy atom. The van der Waals surface area contributed by atoms with Gasteiger partial charge in [0, 0.05) is 22.3 Å². The summed E-state index contributed by atoms with van der Waals surface area (Å²) in [7, 11) is 0. The first-order valence-electron chi connectivity index (χ1n) is 12.1. The van der Waals surface area contributed by atoms with Gasteiger partial charge in [-0.15, -0.1) is 0 Å². The van der Waals surface area contributed by atoms with Crippen molar-refractivity contribution < 1.29 is 4.42 Å². The van der Waals surface area contributed by atoms with Crippen molar-refractivity contribution in [2.45, 2.75) is 13.1 Å². The quantitative estimate of drug-likeness (QED) is 0.197. The Kier molecular flexibility index (Phi) is 7.23. The Morgan fingerprint density at radius 1 is 0.486 bits per heavy atom. The zero-order valence-corrected chi connectivity index (χ0v) is 20.4. The molecule has 5 aromatic rings. The average Bonchev–Trinajstić information content (AvgIpc) is 3.46. The summed E-state index contributed by atoms with van der Waals surface area (Å²) in [6.45, 7) is 1.11. The molecule has 0 atom stereocenters. The molecule has 0 saturated heterocycles.